The third-order valence-corrected chi connectivity index (χ3v) is 6.40. The van der Waals surface area contributed by atoms with Crippen LogP contribution in [0.1, 0.15) is 45.6 Å². The maximum Gasteiger partial charge on any atom is 0.410 e. The van der Waals surface area contributed by atoms with Crippen molar-refractivity contribution < 1.29 is 22.7 Å². The Morgan fingerprint density at radius 3 is 2.55 bits per heavy atom. The molecule has 0 fully saturated rings. The topological polar surface area (TPSA) is 59.4 Å². The number of fused-ring (bicyclic) bond motifs is 2. The second kappa shape index (κ2) is 8.13. The van der Waals surface area contributed by atoms with E-state index < -0.39 is 18.3 Å². The van der Waals surface area contributed by atoms with Crippen molar-refractivity contribution in [2.45, 2.75) is 37.6 Å². The Balaban J connectivity index is 1.47. The molecule has 0 saturated heterocycles. The Bertz CT molecular complexity index is 1170. The lowest BCUT2D eigenvalue weighted by molar-refractivity contribution is -0.173. The van der Waals surface area contributed by atoms with Crippen molar-refractivity contribution in [3.63, 3.8) is 0 Å². The summed E-state index contributed by atoms with van der Waals surface area (Å²) in [5.74, 6) is 0.399. The van der Waals surface area contributed by atoms with Crippen molar-refractivity contribution in [3.05, 3.63) is 77.0 Å². The van der Waals surface area contributed by atoms with Crippen molar-refractivity contribution in [2.24, 2.45) is 0 Å². The number of amides is 1. The second-order valence-electron chi connectivity index (χ2n) is 8.36. The molecule has 2 aliphatic rings. The van der Waals surface area contributed by atoms with Crippen LogP contribution < -0.4 is 10.1 Å². The summed E-state index contributed by atoms with van der Waals surface area (Å²) in [5, 5.41) is 7.14. The van der Waals surface area contributed by atoms with Gasteiger partial charge in [0.05, 0.1) is 19.3 Å². The number of benzene rings is 2. The zero-order chi connectivity index (χ0) is 23.2. The van der Waals surface area contributed by atoms with Gasteiger partial charge in [0.15, 0.2) is 6.04 Å². The van der Waals surface area contributed by atoms with E-state index in [0.717, 1.165) is 10.2 Å². The molecule has 1 aromatic heterocycles. The van der Waals surface area contributed by atoms with Gasteiger partial charge in [0, 0.05) is 19.5 Å². The minimum atomic E-state index is -4.50. The SMILES string of the molecule is COc1ccc([C@H]2C[C@@H](C(F)(F)F)n3ncc(C(=O)N4CCc5ccccc5C4)c3N2)cc1. The first-order chi connectivity index (χ1) is 15.8. The number of nitrogens with one attached hydrogen (secondary N) is 1. The molecule has 2 aromatic carbocycles. The number of carbonyl (C=O) groups is 1. The molecule has 0 saturated carbocycles. The van der Waals surface area contributed by atoms with Gasteiger partial charge in [-0.3, -0.25) is 4.79 Å². The summed E-state index contributed by atoms with van der Waals surface area (Å²) in [5.41, 5.74) is 3.08. The first kappa shape index (κ1) is 21.4. The predicted molar refractivity (Wildman–Crippen MR) is 116 cm³/mol. The molecule has 0 bridgehead atoms. The molecule has 2 atom stereocenters. The molecular formula is C24H23F3N4O2. The van der Waals surface area contributed by atoms with E-state index in [0.29, 0.717) is 30.8 Å². The van der Waals surface area contributed by atoms with Crippen LogP contribution in [0.4, 0.5) is 19.0 Å². The predicted octanol–water partition coefficient (Wildman–Crippen LogP) is 4.75. The Kier molecular flexibility index (Phi) is 5.26. The van der Waals surface area contributed by atoms with E-state index in [1.165, 1.54) is 18.9 Å². The van der Waals surface area contributed by atoms with Crippen LogP contribution in [-0.2, 0) is 13.0 Å². The van der Waals surface area contributed by atoms with Crippen LogP contribution in [0.3, 0.4) is 0 Å². The quantitative estimate of drug-likeness (QED) is 0.618. The molecule has 1 N–H and O–H groups in total. The number of halogens is 3. The number of aromatic nitrogens is 2. The lowest BCUT2D eigenvalue weighted by Crippen LogP contribution is -2.38. The molecule has 3 heterocycles. The Labute approximate surface area is 189 Å². The van der Waals surface area contributed by atoms with Crippen molar-refractivity contribution in [3.8, 4) is 5.75 Å². The van der Waals surface area contributed by atoms with Gasteiger partial charge in [-0.2, -0.15) is 18.3 Å². The van der Waals surface area contributed by atoms with Crippen LogP contribution in [0.2, 0.25) is 0 Å². The summed E-state index contributed by atoms with van der Waals surface area (Å²) in [6.07, 6.45) is -2.77. The maximum atomic E-state index is 14.0. The third-order valence-electron chi connectivity index (χ3n) is 6.40. The Morgan fingerprint density at radius 1 is 1.12 bits per heavy atom. The van der Waals surface area contributed by atoms with E-state index >= 15 is 0 Å². The molecule has 0 spiro atoms. The smallest absolute Gasteiger partial charge is 0.410 e. The lowest BCUT2D eigenvalue weighted by atomic mass is 9.96. The zero-order valence-electron chi connectivity index (χ0n) is 18.0. The molecule has 3 aromatic rings. The summed E-state index contributed by atoms with van der Waals surface area (Å²) in [6.45, 7) is 0.926. The first-order valence-corrected chi connectivity index (χ1v) is 10.8. The van der Waals surface area contributed by atoms with Gasteiger partial charge in [0.2, 0.25) is 0 Å². The van der Waals surface area contributed by atoms with Crippen molar-refractivity contribution >= 4 is 11.7 Å². The molecule has 172 valence electrons. The summed E-state index contributed by atoms with van der Waals surface area (Å²) >= 11 is 0. The largest absolute Gasteiger partial charge is 0.497 e. The maximum absolute atomic E-state index is 14.0. The van der Waals surface area contributed by atoms with Crippen LogP contribution in [0.25, 0.3) is 0 Å². The fourth-order valence-corrected chi connectivity index (χ4v) is 4.61. The van der Waals surface area contributed by atoms with Gasteiger partial charge in [-0.25, -0.2) is 4.68 Å². The lowest BCUT2D eigenvalue weighted by Gasteiger charge is -2.34. The molecule has 0 aliphatic carbocycles. The fourth-order valence-electron chi connectivity index (χ4n) is 4.61. The number of hydrogen-bond acceptors (Lipinski definition) is 4. The van der Waals surface area contributed by atoms with Gasteiger partial charge in [-0.05, 0) is 35.2 Å². The van der Waals surface area contributed by atoms with E-state index in [2.05, 4.69) is 10.4 Å². The Hall–Kier alpha value is -3.49. The van der Waals surface area contributed by atoms with Crippen LogP contribution in [-0.4, -0.2) is 40.4 Å². The molecule has 6 nitrogen and oxygen atoms in total. The standard InChI is InChI=1S/C24H23F3N4O2/c1-33-18-8-6-16(7-9-18)20-12-21(24(25,26)27)31-22(29-20)19(13-28-31)23(32)30-11-10-15-4-2-3-5-17(15)14-30/h2-9,13,20-21,29H,10-12,14H2,1H3/t20-,21+/m1/s1. The van der Waals surface area contributed by atoms with E-state index in [4.69, 9.17) is 4.74 Å². The zero-order valence-corrected chi connectivity index (χ0v) is 18.0. The number of nitrogens with zero attached hydrogens (tertiary/aromatic N) is 3. The first-order valence-electron chi connectivity index (χ1n) is 10.8. The van der Waals surface area contributed by atoms with Gasteiger partial charge in [0.1, 0.15) is 17.1 Å². The van der Waals surface area contributed by atoms with Gasteiger partial charge >= 0.3 is 6.18 Å². The molecule has 33 heavy (non-hydrogen) atoms. The molecule has 0 radical (unpaired) electrons. The summed E-state index contributed by atoms with van der Waals surface area (Å²) < 4.78 is 47.9. The van der Waals surface area contributed by atoms with E-state index in [1.54, 1.807) is 29.2 Å². The third kappa shape index (κ3) is 3.92. The van der Waals surface area contributed by atoms with E-state index in [-0.39, 0.29) is 23.7 Å². The van der Waals surface area contributed by atoms with Crippen LogP contribution in [0, 0.1) is 0 Å². The average molecular weight is 456 g/mol. The number of carbonyl (C=O) groups excluding carboxylic acids is 1. The summed E-state index contributed by atoms with van der Waals surface area (Å²) in [4.78, 5) is 15.0. The number of ether oxygens (including phenoxy) is 1. The highest BCUT2D eigenvalue weighted by Gasteiger charge is 2.47. The highest BCUT2D eigenvalue weighted by molar-refractivity contribution is 5.99. The highest BCUT2D eigenvalue weighted by Crippen LogP contribution is 2.44. The number of rotatable bonds is 3. The van der Waals surface area contributed by atoms with Crippen molar-refractivity contribution in [2.75, 3.05) is 19.0 Å². The van der Waals surface area contributed by atoms with Crippen LogP contribution in [0.5, 0.6) is 5.75 Å². The number of alkyl halides is 3. The fraction of sp³-hybridized carbons (Fsp3) is 0.333. The van der Waals surface area contributed by atoms with Crippen molar-refractivity contribution in [1.29, 1.82) is 0 Å². The normalized spacial score (nSPS) is 19.9. The van der Waals surface area contributed by atoms with Crippen molar-refractivity contribution in [1.82, 2.24) is 14.7 Å². The number of hydrogen-bond donors (Lipinski definition) is 1. The Morgan fingerprint density at radius 2 is 1.85 bits per heavy atom. The monoisotopic (exact) mass is 456 g/mol. The van der Waals surface area contributed by atoms with Gasteiger partial charge in [0.25, 0.3) is 5.91 Å². The highest BCUT2D eigenvalue weighted by atomic mass is 19.4. The molecule has 1 amide bonds. The van der Waals surface area contributed by atoms with Crippen LogP contribution >= 0.6 is 0 Å². The number of methoxy groups -OCH3 is 1. The minimum absolute atomic E-state index is 0.105. The minimum Gasteiger partial charge on any atom is -0.497 e. The van der Waals surface area contributed by atoms with Crippen LogP contribution in [0.15, 0.2) is 54.7 Å². The summed E-state index contributed by atoms with van der Waals surface area (Å²) in [6, 6.07) is 12.3. The second-order valence-corrected chi connectivity index (χ2v) is 8.36. The van der Waals surface area contributed by atoms with E-state index in [1.807, 2.05) is 24.3 Å². The van der Waals surface area contributed by atoms with Gasteiger partial charge in [-0.15, -0.1) is 0 Å². The number of anilines is 1. The summed E-state index contributed by atoms with van der Waals surface area (Å²) in [7, 11) is 1.53. The molecular weight excluding hydrogens is 433 g/mol. The van der Waals surface area contributed by atoms with Gasteiger partial charge < -0.3 is 15.0 Å². The molecule has 0 unspecified atom stereocenters. The molecule has 5 rings (SSSR count). The van der Waals surface area contributed by atoms with E-state index in [9.17, 15) is 18.0 Å². The average Bonchev–Trinajstić information content (AvgIpc) is 3.26. The molecule has 2 aliphatic heterocycles. The molecule has 9 heteroatoms. The van der Waals surface area contributed by atoms with Gasteiger partial charge in [-0.1, -0.05) is 36.4 Å².